The third-order valence-corrected chi connectivity index (χ3v) is 3.37. The molecule has 130 valence electrons. The lowest BCUT2D eigenvalue weighted by molar-refractivity contribution is -0.208. The fraction of sp³-hybridized carbons (Fsp3) is 0.200. The Morgan fingerprint density at radius 3 is 2.36 bits per heavy atom. The van der Waals surface area contributed by atoms with Gasteiger partial charge in [-0.1, -0.05) is 50.3 Å². The van der Waals surface area contributed by atoms with Crippen LogP contribution in [0.5, 0.6) is 11.5 Å². The summed E-state index contributed by atoms with van der Waals surface area (Å²) in [7, 11) is 0. The molecule has 2 aromatic carbocycles. The highest BCUT2D eigenvalue weighted by Crippen LogP contribution is 2.26. The van der Waals surface area contributed by atoms with Crippen molar-refractivity contribution in [2.45, 2.75) is 20.8 Å². The quantitative estimate of drug-likeness (QED) is 0.371. The molecule has 25 heavy (non-hydrogen) atoms. The van der Waals surface area contributed by atoms with Crippen molar-refractivity contribution in [2.24, 2.45) is 5.92 Å². The van der Waals surface area contributed by atoms with Crippen molar-refractivity contribution in [3.8, 4) is 11.5 Å². The normalized spacial score (nSPS) is 11.3. The van der Waals surface area contributed by atoms with Gasteiger partial charge in [-0.3, -0.25) is 9.68 Å². The Morgan fingerprint density at radius 1 is 1.08 bits per heavy atom. The number of hydrogen-bond acceptors (Lipinski definition) is 5. The third kappa shape index (κ3) is 4.94. The van der Waals surface area contributed by atoms with Crippen LogP contribution in [0, 0.1) is 5.92 Å². The predicted molar refractivity (Wildman–Crippen MR) is 93.3 cm³/mol. The molecule has 2 aromatic rings. The summed E-state index contributed by atoms with van der Waals surface area (Å²) in [5, 5.41) is 10.1. The first kappa shape index (κ1) is 18.3. The molecule has 2 rings (SSSR count). The molecule has 0 fully saturated rings. The van der Waals surface area contributed by atoms with E-state index < -0.39 is 5.97 Å². The fourth-order valence-electron chi connectivity index (χ4n) is 2.22. The minimum absolute atomic E-state index is 0.118. The number of ketones is 1. The minimum Gasteiger partial charge on any atom is -0.507 e. The van der Waals surface area contributed by atoms with Gasteiger partial charge in [-0.15, -0.1) is 0 Å². The predicted octanol–water partition coefficient (Wildman–Crippen LogP) is 4.06. The first-order valence-electron chi connectivity index (χ1n) is 7.88. The highest BCUT2D eigenvalue weighted by molar-refractivity contribution is 6.10. The zero-order valence-electron chi connectivity index (χ0n) is 14.4. The van der Waals surface area contributed by atoms with E-state index >= 15 is 0 Å². The second-order valence-electron chi connectivity index (χ2n) is 5.92. The monoisotopic (exact) mass is 340 g/mol. The van der Waals surface area contributed by atoms with E-state index in [0.717, 1.165) is 0 Å². The molecule has 0 atom stereocenters. The molecule has 0 saturated heterocycles. The topological polar surface area (TPSA) is 72.8 Å². The van der Waals surface area contributed by atoms with E-state index in [1.165, 1.54) is 18.2 Å². The number of phenols is 1. The summed E-state index contributed by atoms with van der Waals surface area (Å²) >= 11 is 0. The van der Waals surface area contributed by atoms with Gasteiger partial charge in [0.1, 0.15) is 5.75 Å². The van der Waals surface area contributed by atoms with Gasteiger partial charge in [0.2, 0.25) is 0 Å². The molecule has 0 amide bonds. The van der Waals surface area contributed by atoms with Gasteiger partial charge in [0, 0.05) is 17.2 Å². The van der Waals surface area contributed by atoms with Gasteiger partial charge in [-0.25, -0.2) is 9.68 Å². The molecule has 0 saturated carbocycles. The molecule has 0 unspecified atom stereocenters. The maximum absolute atomic E-state index is 12.3. The summed E-state index contributed by atoms with van der Waals surface area (Å²) in [4.78, 5) is 33.8. The van der Waals surface area contributed by atoms with Crippen LogP contribution in [0.2, 0.25) is 0 Å². The molecule has 0 aliphatic heterocycles. The molecule has 0 spiro atoms. The van der Waals surface area contributed by atoms with Crippen molar-refractivity contribution in [1.29, 1.82) is 0 Å². The zero-order valence-corrected chi connectivity index (χ0v) is 14.4. The summed E-state index contributed by atoms with van der Waals surface area (Å²) < 4.78 is 0. The number of aromatic hydroxyl groups is 1. The van der Waals surface area contributed by atoms with Crippen molar-refractivity contribution in [3.63, 3.8) is 0 Å². The largest absolute Gasteiger partial charge is 0.507 e. The standard InChI is InChI=1S/C20H20O5/c1-13(2)11-14(3)20(23)25-24-16-9-10-17(18(21)12-16)19(22)15-7-5-4-6-8-15/h4-13,21H,1-3H3. The Morgan fingerprint density at radius 2 is 1.76 bits per heavy atom. The first-order chi connectivity index (χ1) is 11.9. The van der Waals surface area contributed by atoms with Crippen molar-refractivity contribution >= 4 is 11.8 Å². The number of rotatable bonds is 6. The Bertz CT molecular complexity index is 791. The molecule has 0 aliphatic carbocycles. The van der Waals surface area contributed by atoms with Crippen molar-refractivity contribution in [2.75, 3.05) is 0 Å². The minimum atomic E-state index is -0.613. The summed E-state index contributed by atoms with van der Waals surface area (Å²) in [6, 6.07) is 12.7. The van der Waals surface area contributed by atoms with Crippen LogP contribution in [0.3, 0.4) is 0 Å². The number of benzene rings is 2. The van der Waals surface area contributed by atoms with E-state index in [9.17, 15) is 14.7 Å². The second kappa shape index (κ2) is 8.15. The van der Waals surface area contributed by atoms with Crippen molar-refractivity contribution in [1.82, 2.24) is 0 Å². The van der Waals surface area contributed by atoms with E-state index in [1.54, 1.807) is 43.3 Å². The van der Waals surface area contributed by atoms with Gasteiger partial charge >= 0.3 is 5.97 Å². The molecule has 0 heterocycles. The molecular weight excluding hydrogens is 320 g/mol. The molecule has 5 nitrogen and oxygen atoms in total. The Balaban J connectivity index is 2.07. The Hall–Kier alpha value is -3.08. The van der Waals surface area contributed by atoms with Crippen LogP contribution >= 0.6 is 0 Å². The smallest absolute Gasteiger partial charge is 0.381 e. The van der Waals surface area contributed by atoms with E-state index in [4.69, 9.17) is 9.78 Å². The van der Waals surface area contributed by atoms with Gasteiger partial charge in [0.15, 0.2) is 11.5 Å². The van der Waals surface area contributed by atoms with Crippen LogP contribution in [0.25, 0.3) is 0 Å². The van der Waals surface area contributed by atoms with E-state index in [-0.39, 0.29) is 28.8 Å². The van der Waals surface area contributed by atoms with Crippen LogP contribution in [-0.2, 0) is 9.68 Å². The molecule has 0 radical (unpaired) electrons. The number of carbonyl (C=O) groups excluding carboxylic acids is 2. The Kier molecular flexibility index (Phi) is 5.95. The molecule has 0 aromatic heterocycles. The van der Waals surface area contributed by atoms with Gasteiger partial charge < -0.3 is 5.11 Å². The SMILES string of the molecule is CC(=CC(C)C)C(=O)OOc1ccc(C(=O)c2ccccc2)c(O)c1. The third-order valence-electron chi connectivity index (χ3n) is 3.37. The molecule has 0 bridgehead atoms. The molecular formula is C20H20O5. The highest BCUT2D eigenvalue weighted by Gasteiger charge is 2.15. The first-order valence-corrected chi connectivity index (χ1v) is 7.88. The van der Waals surface area contributed by atoms with Crippen LogP contribution in [0.15, 0.2) is 60.2 Å². The van der Waals surface area contributed by atoms with Gasteiger partial charge in [0.25, 0.3) is 0 Å². The van der Waals surface area contributed by atoms with Gasteiger partial charge in [-0.2, -0.15) is 0 Å². The maximum Gasteiger partial charge on any atom is 0.381 e. The maximum atomic E-state index is 12.3. The van der Waals surface area contributed by atoms with Crippen molar-refractivity contribution in [3.05, 3.63) is 71.3 Å². The van der Waals surface area contributed by atoms with Crippen LogP contribution < -0.4 is 4.89 Å². The van der Waals surface area contributed by atoms with Crippen LogP contribution in [0.1, 0.15) is 36.7 Å². The average molecular weight is 340 g/mol. The fourth-order valence-corrected chi connectivity index (χ4v) is 2.22. The van der Waals surface area contributed by atoms with Crippen LogP contribution in [0.4, 0.5) is 0 Å². The summed E-state index contributed by atoms with van der Waals surface area (Å²) in [6.45, 7) is 5.51. The lowest BCUT2D eigenvalue weighted by Gasteiger charge is -2.08. The number of phenolic OH excluding ortho intramolecular Hbond substituents is 1. The van der Waals surface area contributed by atoms with Crippen molar-refractivity contribution < 1.29 is 24.5 Å². The molecule has 1 N–H and O–H groups in total. The number of allylic oxidation sites excluding steroid dienone is 1. The Labute approximate surface area is 146 Å². The summed E-state index contributed by atoms with van der Waals surface area (Å²) in [5.74, 6) is -0.848. The van der Waals surface area contributed by atoms with Gasteiger partial charge in [-0.05, 0) is 25.0 Å². The lowest BCUT2D eigenvalue weighted by atomic mass is 10.0. The summed E-state index contributed by atoms with van der Waals surface area (Å²) in [5.41, 5.74) is 1.03. The van der Waals surface area contributed by atoms with Crippen LogP contribution in [-0.4, -0.2) is 16.9 Å². The lowest BCUT2D eigenvalue weighted by Crippen LogP contribution is -2.10. The zero-order chi connectivity index (χ0) is 18.4. The molecule has 0 aliphatic rings. The average Bonchev–Trinajstić information content (AvgIpc) is 2.59. The number of carbonyl (C=O) groups is 2. The van der Waals surface area contributed by atoms with Gasteiger partial charge in [0.05, 0.1) is 5.56 Å². The molecule has 5 heteroatoms. The summed E-state index contributed by atoms with van der Waals surface area (Å²) in [6.07, 6.45) is 1.75. The number of hydrogen-bond donors (Lipinski definition) is 1. The highest BCUT2D eigenvalue weighted by atomic mass is 17.2. The van der Waals surface area contributed by atoms with E-state index in [2.05, 4.69) is 0 Å². The second-order valence-corrected chi connectivity index (χ2v) is 5.92. The van der Waals surface area contributed by atoms with E-state index in [0.29, 0.717) is 11.1 Å². The van der Waals surface area contributed by atoms with E-state index in [1.807, 2.05) is 13.8 Å².